The summed E-state index contributed by atoms with van der Waals surface area (Å²) in [5.74, 6) is 1.64. The number of ether oxygens (including phenoxy) is 3. The minimum absolute atomic E-state index is 0.129. The Kier molecular flexibility index (Phi) is 4.45. The molecule has 3 aromatic rings. The van der Waals surface area contributed by atoms with Crippen LogP contribution in [0.3, 0.4) is 0 Å². The summed E-state index contributed by atoms with van der Waals surface area (Å²) in [6.45, 7) is 1.83. The maximum atomic E-state index is 12.8. The molecule has 1 aliphatic heterocycles. The minimum atomic E-state index is -1.13. The van der Waals surface area contributed by atoms with E-state index in [0.717, 1.165) is 17.0 Å². The number of carbonyl (C=O) groups excluding carboxylic acids is 1. The number of amides is 1. The Bertz CT molecular complexity index is 987. The highest BCUT2D eigenvalue weighted by Gasteiger charge is 2.41. The number of anilines is 1. The maximum Gasteiger partial charge on any atom is 0.273 e. The van der Waals surface area contributed by atoms with Crippen molar-refractivity contribution in [1.82, 2.24) is 4.98 Å². The number of fused-ring (bicyclic) bond motifs is 1. The second-order valence-corrected chi connectivity index (χ2v) is 7.15. The van der Waals surface area contributed by atoms with Crippen LogP contribution in [0.15, 0.2) is 53.9 Å². The number of para-hydroxylation sites is 2. The van der Waals surface area contributed by atoms with Crippen molar-refractivity contribution in [3.63, 3.8) is 0 Å². The first-order valence-electron chi connectivity index (χ1n) is 8.40. The predicted octanol–water partition coefficient (Wildman–Crippen LogP) is 3.99. The first-order chi connectivity index (χ1) is 13.1. The molecule has 1 N–H and O–H groups in total. The molecule has 1 aromatic heterocycles. The topological polar surface area (TPSA) is 69.7 Å². The van der Waals surface area contributed by atoms with E-state index in [-0.39, 0.29) is 12.5 Å². The van der Waals surface area contributed by atoms with E-state index in [4.69, 9.17) is 14.2 Å². The summed E-state index contributed by atoms with van der Waals surface area (Å²) in [5.41, 5.74) is 0.560. The van der Waals surface area contributed by atoms with Crippen LogP contribution in [0.25, 0.3) is 11.3 Å². The van der Waals surface area contributed by atoms with E-state index in [0.29, 0.717) is 16.6 Å². The van der Waals surface area contributed by atoms with Crippen molar-refractivity contribution < 1.29 is 19.0 Å². The van der Waals surface area contributed by atoms with Crippen molar-refractivity contribution in [1.29, 1.82) is 0 Å². The molecule has 6 nitrogen and oxygen atoms in total. The average molecular weight is 382 g/mol. The second-order valence-electron chi connectivity index (χ2n) is 6.29. The van der Waals surface area contributed by atoms with Gasteiger partial charge in [-0.2, -0.15) is 0 Å². The van der Waals surface area contributed by atoms with Gasteiger partial charge < -0.3 is 14.2 Å². The molecule has 1 atom stereocenters. The van der Waals surface area contributed by atoms with Gasteiger partial charge in [-0.15, -0.1) is 11.3 Å². The number of nitrogens with zero attached hydrogens (tertiary/aromatic N) is 1. The van der Waals surface area contributed by atoms with Crippen molar-refractivity contribution in [3.8, 4) is 28.5 Å². The third kappa shape index (κ3) is 3.46. The molecule has 0 aliphatic carbocycles. The van der Waals surface area contributed by atoms with Crippen molar-refractivity contribution >= 4 is 22.4 Å². The SMILES string of the molecule is COc1cccc(-c2csc(NC(=O)C3(C)COc4ccccc4O3)n2)c1. The lowest BCUT2D eigenvalue weighted by molar-refractivity contribution is -0.134. The van der Waals surface area contributed by atoms with Crippen LogP contribution in [0, 0.1) is 0 Å². The molecule has 4 rings (SSSR count). The quantitative estimate of drug-likeness (QED) is 0.739. The number of methoxy groups -OCH3 is 1. The van der Waals surface area contributed by atoms with Gasteiger partial charge in [0.05, 0.1) is 12.8 Å². The molecule has 1 unspecified atom stereocenters. The molecule has 1 aliphatic rings. The highest BCUT2D eigenvalue weighted by atomic mass is 32.1. The van der Waals surface area contributed by atoms with Crippen LogP contribution >= 0.6 is 11.3 Å². The van der Waals surface area contributed by atoms with Crippen LogP contribution in [-0.4, -0.2) is 30.2 Å². The van der Waals surface area contributed by atoms with E-state index in [2.05, 4.69) is 10.3 Å². The first kappa shape index (κ1) is 17.4. The molecular weight excluding hydrogens is 364 g/mol. The lowest BCUT2D eigenvalue weighted by atomic mass is 10.1. The summed E-state index contributed by atoms with van der Waals surface area (Å²) in [5, 5.41) is 5.22. The minimum Gasteiger partial charge on any atom is -0.497 e. The van der Waals surface area contributed by atoms with Crippen LogP contribution < -0.4 is 19.5 Å². The van der Waals surface area contributed by atoms with Gasteiger partial charge in [0.15, 0.2) is 16.6 Å². The number of thiazole rings is 1. The smallest absolute Gasteiger partial charge is 0.273 e. The molecule has 1 amide bonds. The van der Waals surface area contributed by atoms with Crippen LogP contribution in [-0.2, 0) is 4.79 Å². The lowest BCUT2D eigenvalue weighted by Crippen LogP contribution is -2.52. The normalized spacial score (nSPS) is 18.0. The Morgan fingerprint density at radius 1 is 1.22 bits per heavy atom. The summed E-state index contributed by atoms with van der Waals surface area (Å²) < 4.78 is 16.8. The monoisotopic (exact) mass is 382 g/mol. The Morgan fingerprint density at radius 2 is 2.04 bits per heavy atom. The van der Waals surface area contributed by atoms with Crippen LogP contribution in [0.1, 0.15) is 6.92 Å². The number of hydrogen-bond acceptors (Lipinski definition) is 6. The van der Waals surface area contributed by atoms with E-state index in [1.807, 2.05) is 47.8 Å². The standard InChI is InChI=1S/C20H18N2O4S/c1-20(12-25-16-8-3-4-9-17(16)26-20)18(23)22-19-21-15(11-27-19)13-6-5-7-14(10-13)24-2/h3-11H,12H2,1-2H3,(H,21,22,23). The van der Waals surface area contributed by atoms with E-state index in [1.54, 1.807) is 20.1 Å². The predicted molar refractivity (Wildman–Crippen MR) is 104 cm³/mol. The number of carbonyl (C=O) groups is 1. The Balaban J connectivity index is 1.50. The van der Waals surface area contributed by atoms with Gasteiger partial charge in [-0.25, -0.2) is 4.98 Å². The van der Waals surface area contributed by atoms with Crippen molar-refractivity contribution in [3.05, 3.63) is 53.9 Å². The van der Waals surface area contributed by atoms with E-state index < -0.39 is 5.60 Å². The Hall–Kier alpha value is -3.06. The summed E-state index contributed by atoms with van der Waals surface area (Å²) in [6, 6.07) is 14.9. The number of aromatic nitrogens is 1. The molecule has 0 fully saturated rings. The average Bonchev–Trinajstić information content (AvgIpc) is 3.16. The fraction of sp³-hybridized carbons (Fsp3) is 0.200. The molecule has 0 saturated heterocycles. The van der Waals surface area contributed by atoms with E-state index >= 15 is 0 Å². The van der Waals surface area contributed by atoms with Crippen LogP contribution in [0.5, 0.6) is 17.2 Å². The molecule has 2 heterocycles. The second kappa shape index (κ2) is 6.92. The lowest BCUT2D eigenvalue weighted by Gasteiger charge is -2.33. The molecule has 2 aromatic carbocycles. The van der Waals surface area contributed by atoms with Gasteiger partial charge in [-0.3, -0.25) is 10.1 Å². The molecule has 0 spiro atoms. The third-order valence-electron chi connectivity index (χ3n) is 4.26. The molecule has 0 saturated carbocycles. The van der Waals surface area contributed by atoms with Crippen LogP contribution in [0.2, 0.25) is 0 Å². The number of rotatable bonds is 4. The highest BCUT2D eigenvalue weighted by Crippen LogP contribution is 2.35. The van der Waals surface area contributed by atoms with Crippen molar-refractivity contribution in [2.24, 2.45) is 0 Å². The zero-order chi connectivity index (χ0) is 18.9. The third-order valence-corrected chi connectivity index (χ3v) is 5.02. The van der Waals surface area contributed by atoms with Crippen molar-refractivity contribution in [2.75, 3.05) is 19.0 Å². The molecule has 27 heavy (non-hydrogen) atoms. The van der Waals surface area contributed by atoms with E-state index in [1.165, 1.54) is 11.3 Å². The molecular formula is C20H18N2O4S. The van der Waals surface area contributed by atoms with Gasteiger partial charge in [0.2, 0.25) is 5.60 Å². The largest absolute Gasteiger partial charge is 0.497 e. The van der Waals surface area contributed by atoms with Gasteiger partial charge in [-0.1, -0.05) is 24.3 Å². The molecule has 0 bridgehead atoms. The molecule has 0 radical (unpaired) electrons. The fourth-order valence-corrected chi connectivity index (χ4v) is 3.44. The van der Waals surface area contributed by atoms with Gasteiger partial charge in [0, 0.05) is 10.9 Å². The number of hydrogen-bond donors (Lipinski definition) is 1. The fourth-order valence-electron chi connectivity index (χ4n) is 2.73. The van der Waals surface area contributed by atoms with Gasteiger partial charge in [-0.05, 0) is 31.2 Å². The van der Waals surface area contributed by atoms with Gasteiger partial charge in [0.1, 0.15) is 12.4 Å². The summed E-state index contributed by atoms with van der Waals surface area (Å²) in [6.07, 6.45) is 0. The number of nitrogens with one attached hydrogen (secondary N) is 1. The van der Waals surface area contributed by atoms with Crippen LogP contribution in [0.4, 0.5) is 5.13 Å². The summed E-state index contributed by atoms with van der Waals surface area (Å²) in [4.78, 5) is 17.3. The Labute approximate surface area is 160 Å². The summed E-state index contributed by atoms with van der Waals surface area (Å²) >= 11 is 1.35. The van der Waals surface area contributed by atoms with Crippen molar-refractivity contribution in [2.45, 2.75) is 12.5 Å². The Morgan fingerprint density at radius 3 is 2.85 bits per heavy atom. The van der Waals surface area contributed by atoms with E-state index in [9.17, 15) is 4.79 Å². The molecule has 7 heteroatoms. The highest BCUT2D eigenvalue weighted by molar-refractivity contribution is 7.14. The number of benzene rings is 2. The summed E-state index contributed by atoms with van der Waals surface area (Å²) in [7, 11) is 1.62. The zero-order valence-corrected chi connectivity index (χ0v) is 15.7. The first-order valence-corrected chi connectivity index (χ1v) is 9.28. The van der Waals surface area contributed by atoms with Gasteiger partial charge >= 0.3 is 0 Å². The maximum absolute atomic E-state index is 12.8. The molecule has 138 valence electrons. The zero-order valence-electron chi connectivity index (χ0n) is 14.9. The van der Waals surface area contributed by atoms with Gasteiger partial charge in [0.25, 0.3) is 5.91 Å².